The Labute approximate surface area is 235 Å². The van der Waals surface area contributed by atoms with Crippen LogP contribution in [0.25, 0.3) is 22.6 Å². The summed E-state index contributed by atoms with van der Waals surface area (Å²) >= 11 is 0. The molecule has 0 aromatic carbocycles. The lowest BCUT2D eigenvalue weighted by Crippen LogP contribution is -2.37. The summed E-state index contributed by atoms with van der Waals surface area (Å²) in [5.74, 6) is 1.62. The van der Waals surface area contributed by atoms with Gasteiger partial charge in [0, 0.05) is 49.7 Å². The van der Waals surface area contributed by atoms with Crippen molar-refractivity contribution in [1.82, 2.24) is 29.3 Å². The Hall–Kier alpha value is -4.44. The lowest BCUT2D eigenvalue weighted by Gasteiger charge is -2.29. The smallest absolute Gasteiger partial charge is 0.294 e. The molecule has 0 unspecified atom stereocenters. The van der Waals surface area contributed by atoms with Gasteiger partial charge in [-0.05, 0) is 45.4 Å². The number of allylic oxidation sites excluding steroid dienone is 9. The molecular weight excluding hydrogens is 506 g/mol. The minimum atomic E-state index is 0.170. The fourth-order valence-electron chi connectivity index (χ4n) is 4.36. The van der Waals surface area contributed by atoms with E-state index in [4.69, 9.17) is 24.7 Å². The third-order valence-electron chi connectivity index (χ3n) is 6.51. The molecule has 1 saturated heterocycles. The van der Waals surface area contributed by atoms with Crippen LogP contribution in [-0.2, 0) is 14.3 Å². The number of hydrogen-bond donors (Lipinski definition) is 0. The number of hydrogen-bond acceptors (Lipinski definition) is 8. The van der Waals surface area contributed by atoms with Crippen LogP contribution in [0.1, 0.15) is 39.1 Å². The van der Waals surface area contributed by atoms with Crippen molar-refractivity contribution in [3.05, 3.63) is 84.0 Å². The van der Waals surface area contributed by atoms with Gasteiger partial charge in [-0.15, -0.1) is 0 Å². The summed E-state index contributed by atoms with van der Waals surface area (Å²) in [6.45, 7) is 15.3. The topological polar surface area (TPSA) is 90.0 Å². The molecule has 3 aromatic rings. The van der Waals surface area contributed by atoms with Gasteiger partial charge in [0.25, 0.3) is 6.47 Å². The van der Waals surface area contributed by atoms with E-state index < -0.39 is 0 Å². The number of morpholine rings is 1. The summed E-state index contributed by atoms with van der Waals surface area (Å²) in [5.41, 5.74) is 6.13. The van der Waals surface area contributed by atoms with E-state index in [0.717, 1.165) is 52.7 Å². The Morgan fingerprint density at radius 3 is 2.58 bits per heavy atom. The van der Waals surface area contributed by atoms with E-state index in [1.807, 2.05) is 98.9 Å². The van der Waals surface area contributed by atoms with Gasteiger partial charge in [-0.25, -0.2) is 9.67 Å². The first-order valence-electron chi connectivity index (χ1n) is 13.3. The van der Waals surface area contributed by atoms with Gasteiger partial charge in [-0.2, -0.15) is 14.7 Å². The summed E-state index contributed by atoms with van der Waals surface area (Å²) < 4.78 is 14.2. The van der Waals surface area contributed by atoms with Gasteiger partial charge in [-0.3, -0.25) is 4.79 Å². The summed E-state index contributed by atoms with van der Waals surface area (Å²) in [5, 5.41) is 9.80. The zero-order chi connectivity index (χ0) is 28.6. The highest BCUT2D eigenvalue weighted by molar-refractivity contribution is 5.75. The minimum absolute atomic E-state index is 0.170. The van der Waals surface area contributed by atoms with E-state index in [9.17, 15) is 4.79 Å². The van der Waals surface area contributed by atoms with E-state index in [1.54, 1.807) is 4.68 Å². The van der Waals surface area contributed by atoms with Gasteiger partial charge in [0.2, 0.25) is 0 Å². The minimum Gasteiger partial charge on any atom is -0.446 e. The van der Waals surface area contributed by atoms with Crippen molar-refractivity contribution in [2.24, 2.45) is 0 Å². The van der Waals surface area contributed by atoms with E-state index in [-0.39, 0.29) is 6.73 Å². The third kappa shape index (κ3) is 6.58. The number of fused-ring (bicyclic) bond motifs is 1. The van der Waals surface area contributed by atoms with E-state index >= 15 is 0 Å². The molecule has 10 nitrogen and oxygen atoms in total. The first-order valence-corrected chi connectivity index (χ1v) is 13.3. The van der Waals surface area contributed by atoms with Gasteiger partial charge in [-0.1, -0.05) is 36.5 Å². The quantitative estimate of drug-likeness (QED) is 0.196. The van der Waals surface area contributed by atoms with Crippen molar-refractivity contribution in [1.29, 1.82) is 0 Å². The van der Waals surface area contributed by atoms with Crippen molar-refractivity contribution in [2.45, 2.75) is 27.7 Å². The van der Waals surface area contributed by atoms with Crippen LogP contribution in [0, 0.1) is 0 Å². The number of carbonyl (C=O) groups is 1. The summed E-state index contributed by atoms with van der Waals surface area (Å²) in [4.78, 5) is 19.7. The molecule has 40 heavy (non-hydrogen) atoms. The predicted octanol–water partition coefficient (Wildman–Crippen LogP) is 4.66. The maximum Gasteiger partial charge on any atom is 0.294 e. The molecule has 0 bridgehead atoms. The molecule has 3 aromatic heterocycles. The van der Waals surface area contributed by atoms with Crippen molar-refractivity contribution >= 4 is 29.1 Å². The second kappa shape index (κ2) is 13.1. The molecular formula is C30H37N7O3. The van der Waals surface area contributed by atoms with Crippen LogP contribution in [0.5, 0.6) is 0 Å². The van der Waals surface area contributed by atoms with Gasteiger partial charge < -0.3 is 19.3 Å². The highest BCUT2D eigenvalue weighted by atomic mass is 16.5. The fourth-order valence-corrected chi connectivity index (χ4v) is 4.36. The van der Waals surface area contributed by atoms with Crippen molar-refractivity contribution in [3.8, 4) is 5.82 Å². The maximum absolute atomic E-state index is 10.6. The highest BCUT2D eigenvalue weighted by Gasteiger charge is 2.20. The van der Waals surface area contributed by atoms with Gasteiger partial charge >= 0.3 is 0 Å². The van der Waals surface area contributed by atoms with Crippen molar-refractivity contribution in [3.63, 3.8) is 0 Å². The molecule has 0 saturated carbocycles. The van der Waals surface area contributed by atoms with Gasteiger partial charge in [0.05, 0.1) is 24.6 Å². The molecule has 4 rings (SSSR count). The molecule has 1 aliphatic rings. The molecule has 0 amide bonds. The van der Waals surface area contributed by atoms with Crippen LogP contribution in [0.2, 0.25) is 0 Å². The lowest BCUT2D eigenvalue weighted by molar-refractivity contribution is -0.131. The number of carbonyl (C=O) groups excluding carboxylic acids is 1. The second-order valence-corrected chi connectivity index (χ2v) is 9.58. The molecule has 210 valence electrons. The van der Waals surface area contributed by atoms with E-state index in [1.165, 1.54) is 0 Å². The normalized spacial score (nSPS) is 15.2. The molecule has 0 aliphatic carbocycles. The lowest BCUT2D eigenvalue weighted by atomic mass is 10.1. The highest BCUT2D eigenvalue weighted by Crippen LogP contribution is 2.26. The molecule has 0 spiro atoms. The molecule has 0 radical (unpaired) electrons. The molecule has 0 N–H and O–H groups in total. The Morgan fingerprint density at radius 1 is 1.12 bits per heavy atom. The Kier molecular flexibility index (Phi) is 9.34. The average molecular weight is 544 g/mol. The van der Waals surface area contributed by atoms with E-state index in [2.05, 4.69) is 11.5 Å². The first-order chi connectivity index (χ1) is 19.3. The summed E-state index contributed by atoms with van der Waals surface area (Å²) in [6, 6.07) is 5.98. The van der Waals surface area contributed by atoms with Crippen LogP contribution in [-0.4, -0.2) is 75.8 Å². The Balaban J connectivity index is 1.78. The zero-order valence-electron chi connectivity index (χ0n) is 23.9. The maximum atomic E-state index is 10.6. The van der Waals surface area contributed by atoms with Crippen LogP contribution in [0.15, 0.2) is 72.6 Å². The summed E-state index contributed by atoms with van der Waals surface area (Å²) in [6.07, 6.45) is 12.0. The Bertz CT molecular complexity index is 1490. The zero-order valence-corrected chi connectivity index (χ0v) is 23.9. The second-order valence-electron chi connectivity index (χ2n) is 9.58. The number of aromatic nitrogens is 5. The molecule has 1 aliphatic heterocycles. The van der Waals surface area contributed by atoms with Crippen molar-refractivity contribution in [2.75, 3.05) is 45.0 Å². The number of ether oxygens (including phenoxy) is 2. The van der Waals surface area contributed by atoms with Gasteiger partial charge in [0.15, 0.2) is 18.2 Å². The van der Waals surface area contributed by atoms with Crippen LogP contribution in [0.4, 0.5) is 5.82 Å². The molecule has 0 atom stereocenters. The largest absolute Gasteiger partial charge is 0.446 e. The molecule has 10 heteroatoms. The van der Waals surface area contributed by atoms with Crippen LogP contribution >= 0.6 is 0 Å². The Morgan fingerprint density at radius 2 is 1.90 bits per heavy atom. The average Bonchev–Trinajstić information content (AvgIpc) is 3.62. The summed E-state index contributed by atoms with van der Waals surface area (Å²) in [7, 11) is 1.86. The van der Waals surface area contributed by atoms with Gasteiger partial charge in [0.1, 0.15) is 5.82 Å². The SMILES string of the molecule is C=C(C)/C=C(\C=C/C)c1ccn(-c2cc(N3CCOCC3)n3nc(C(/C=C(/C)N(C)COC=O)=C/C)cc3n2)n1. The van der Waals surface area contributed by atoms with Crippen LogP contribution < -0.4 is 4.90 Å². The fraction of sp³-hybridized carbons (Fsp3) is 0.333. The van der Waals surface area contributed by atoms with Crippen LogP contribution in [0.3, 0.4) is 0 Å². The number of anilines is 1. The third-order valence-corrected chi connectivity index (χ3v) is 6.51. The standard InChI is InChI=1S/C30H37N7O3/c1-7-9-25(16-22(3)4)26-10-11-36(32-26)28-19-30(35-12-14-39-15-13-35)37-29(31-28)18-27(33-37)24(8-2)17-23(5)34(6)20-40-21-38/h7-11,16-19,21H,3,12-15,20H2,1-2,4-6H3/b9-7-,23-17-,24-8+,25-16+. The predicted molar refractivity (Wildman–Crippen MR) is 158 cm³/mol. The first kappa shape index (κ1) is 28.6. The molecule has 1 fully saturated rings. The monoisotopic (exact) mass is 543 g/mol. The van der Waals surface area contributed by atoms with E-state index in [0.29, 0.717) is 31.2 Å². The molecule has 4 heterocycles. The van der Waals surface area contributed by atoms with Crippen molar-refractivity contribution < 1.29 is 14.3 Å². The number of rotatable bonds is 11. The number of nitrogens with zero attached hydrogens (tertiary/aromatic N) is 7.